The highest BCUT2D eigenvalue weighted by Gasteiger charge is 2.48. The largest absolute Gasteiger partial charge is 0.546 e. The Bertz CT molecular complexity index is 1060. The predicted octanol–water partition coefficient (Wildman–Crippen LogP) is 8.94. The second-order valence-electron chi connectivity index (χ2n) is 12.1. The molecule has 1 atom stereocenters. The molecule has 0 saturated carbocycles. The lowest BCUT2D eigenvalue weighted by molar-refractivity contribution is 0.0538. The summed E-state index contributed by atoms with van der Waals surface area (Å²) in [5, 5.41) is 1.14. The fourth-order valence-electron chi connectivity index (χ4n) is 6.14. The van der Waals surface area contributed by atoms with E-state index in [4.69, 9.17) is 9.16 Å². The molecule has 5 heteroatoms. The van der Waals surface area contributed by atoms with Crippen LogP contribution in [0.2, 0.25) is 16.6 Å². The number of hydrogen-bond acceptors (Lipinski definition) is 3. The molecule has 1 aromatic heterocycles. The summed E-state index contributed by atoms with van der Waals surface area (Å²) in [6, 6.07) is 8.22. The van der Waals surface area contributed by atoms with E-state index < -0.39 is 13.9 Å². The molecule has 0 bridgehead atoms. The summed E-state index contributed by atoms with van der Waals surface area (Å²) in [4.78, 5) is 13.4. The van der Waals surface area contributed by atoms with E-state index in [1.54, 1.807) is 0 Å². The van der Waals surface area contributed by atoms with Gasteiger partial charge in [-0.1, -0.05) is 66.7 Å². The molecule has 0 saturated heterocycles. The first-order valence-corrected chi connectivity index (χ1v) is 15.1. The molecule has 1 aromatic carbocycles. The van der Waals surface area contributed by atoms with Crippen LogP contribution in [0.3, 0.4) is 0 Å². The second kappa shape index (κ2) is 9.56. The van der Waals surface area contributed by atoms with Gasteiger partial charge in [-0.05, 0) is 67.9 Å². The molecule has 1 unspecified atom stereocenters. The van der Waals surface area contributed by atoms with E-state index in [0.29, 0.717) is 16.6 Å². The zero-order valence-electron chi connectivity index (χ0n) is 23.2. The highest BCUT2D eigenvalue weighted by molar-refractivity contribution is 6.77. The maximum Gasteiger partial charge on any atom is 0.419 e. The van der Waals surface area contributed by atoms with Crippen LogP contribution in [0, 0.1) is 0 Å². The number of hydrogen-bond donors (Lipinski definition) is 0. The molecule has 0 aliphatic heterocycles. The fraction of sp³-hybridized carbons (Fsp3) is 0.621. The summed E-state index contributed by atoms with van der Waals surface area (Å²) in [5.74, 6) is 1.28. The number of benzene rings is 1. The average molecular weight is 484 g/mol. The van der Waals surface area contributed by atoms with Crippen LogP contribution in [0.5, 0.6) is 0 Å². The van der Waals surface area contributed by atoms with Crippen LogP contribution >= 0.6 is 0 Å². The Kier molecular flexibility index (Phi) is 7.48. The topological polar surface area (TPSA) is 40.5 Å². The van der Waals surface area contributed by atoms with Gasteiger partial charge in [0.25, 0.3) is 8.32 Å². The fourth-order valence-corrected chi connectivity index (χ4v) is 11.5. The van der Waals surface area contributed by atoms with Crippen molar-refractivity contribution in [2.75, 3.05) is 0 Å². The van der Waals surface area contributed by atoms with Crippen LogP contribution in [-0.4, -0.2) is 24.6 Å². The SMILES string of the molecule is CC1=C(O[Si](C(C)C)(C(C)C)C(C)C)CC(C)c2c(c3ccccc3n2C(=O)OC(C)(C)C)C1. The molecular weight excluding hydrogens is 438 g/mol. The quantitative estimate of drug-likeness (QED) is 0.398. The maximum absolute atomic E-state index is 13.4. The number of aromatic nitrogens is 1. The Hall–Kier alpha value is -2.01. The van der Waals surface area contributed by atoms with Gasteiger partial charge in [0.2, 0.25) is 0 Å². The first kappa shape index (κ1) is 26.6. The molecule has 4 nitrogen and oxygen atoms in total. The molecule has 188 valence electrons. The van der Waals surface area contributed by atoms with E-state index in [1.165, 1.54) is 11.1 Å². The van der Waals surface area contributed by atoms with Gasteiger partial charge in [-0.2, -0.15) is 0 Å². The molecule has 0 N–H and O–H groups in total. The first-order chi connectivity index (χ1) is 15.7. The molecule has 34 heavy (non-hydrogen) atoms. The smallest absolute Gasteiger partial charge is 0.419 e. The molecule has 0 spiro atoms. The van der Waals surface area contributed by atoms with E-state index in [1.807, 2.05) is 37.5 Å². The summed E-state index contributed by atoms with van der Waals surface area (Å²) >= 11 is 0. The summed E-state index contributed by atoms with van der Waals surface area (Å²) in [6.45, 7) is 24.2. The van der Waals surface area contributed by atoms with E-state index in [0.717, 1.165) is 35.2 Å². The lowest BCUT2D eigenvalue weighted by atomic mass is 9.99. The minimum atomic E-state index is -2.07. The Morgan fingerprint density at radius 3 is 2.12 bits per heavy atom. The zero-order chi connectivity index (χ0) is 25.6. The summed E-state index contributed by atoms with van der Waals surface area (Å²) in [7, 11) is -2.07. The number of allylic oxidation sites excluding steroid dienone is 2. The van der Waals surface area contributed by atoms with E-state index in [9.17, 15) is 4.79 Å². The Balaban J connectivity index is 2.14. The number of carbonyl (C=O) groups is 1. The minimum absolute atomic E-state index is 0.139. The Morgan fingerprint density at radius 1 is 1.03 bits per heavy atom. The van der Waals surface area contributed by atoms with Crippen molar-refractivity contribution < 1.29 is 14.0 Å². The van der Waals surface area contributed by atoms with Crippen molar-refractivity contribution in [3.63, 3.8) is 0 Å². The van der Waals surface area contributed by atoms with E-state index in [2.05, 4.69) is 67.5 Å². The molecule has 1 aliphatic rings. The number of ether oxygens (including phenoxy) is 1. The Labute approximate surface area is 207 Å². The maximum atomic E-state index is 13.4. The lowest BCUT2D eigenvalue weighted by Gasteiger charge is -2.43. The van der Waals surface area contributed by atoms with Gasteiger partial charge in [0.15, 0.2) is 0 Å². The van der Waals surface area contributed by atoms with E-state index >= 15 is 0 Å². The van der Waals surface area contributed by atoms with Gasteiger partial charge >= 0.3 is 6.09 Å². The van der Waals surface area contributed by atoms with Crippen molar-refractivity contribution in [2.45, 2.75) is 117 Å². The van der Waals surface area contributed by atoms with Crippen molar-refractivity contribution in [3.05, 3.63) is 46.9 Å². The van der Waals surface area contributed by atoms with Crippen LogP contribution in [-0.2, 0) is 15.6 Å². The number of para-hydroxylation sites is 1. The second-order valence-corrected chi connectivity index (χ2v) is 17.5. The van der Waals surface area contributed by atoms with Gasteiger partial charge in [-0.15, -0.1) is 0 Å². The Morgan fingerprint density at radius 2 is 1.59 bits per heavy atom. The van der Waals surface area contributed by atoms with E-state index in [-0.39, 0.29) is 12.0 Å². The van der Waals surface area contributed by atoms with Crippen molar-refractivity contribution in [2.24, 2.45) is 0 Å². The average Bonchev–Trinajstić information content (AvgIpc) is 2.97. The summed E-state index contributed by atoms with van der Waals surface area (Å²) in [5.41, 5.74) is 5.52. The number of rotatable bonds is 5. The van der Waals surface area contributed by atoms with Crippen LogP contribution in [0.25, 0.3) is 10.9 Å². The normalized spacial score (nSPS) is 17.5. The molecule has 0 amide bonds. The monoisotopic (exact) mass is 483 g/mol. The van der Waals surface area contributed by atoms with Gasteiger partial charge in [0.05, 0.1) is 11.3 Å². The van der Waals surface area contributed by atoms with Crippen LogP contribution in [0.15, 0.2) is 35.6 Å². The minimum Gasteiger partial charge on any atom is -0.546 e. The van der Waals surface area contributed by atoms with Gasteiger partial charge in [0.1, 0.15) is 5.60 Å². The molecule has 1 aliphatic carbocycles. The van der Waals surface area contributed by atoms with Gasteiger partial charge < -0.3 is 9.16 Å². The molecule has 0 fully saturated rings. The standard InChI is InChI=1S/C29H45NO3Si/c1-18(2)34(19(3)4,20(5)6)33-26-17-22(8)27-24(16-21(26)7)23-14-12-13-15-25(23)30(27)28(31)32-29(9,10)11/h12-15,18-20,22H,16-17H2,1-11H3. The number of nitrogens with zero attached hydrogens (tertiary/aromatic N) is 1. The molecular formula is C29H45NO3Si. The third kappa shape index (κ3) is 4.73. The third-order valence-electron chi connectivity index (χ3n) is 7.48. The van der Waals surface area contributed by atoms with Crippen molar-refractivity contribution in [1.29, 1.82) is 0 Å². The molecule has 1 heterocycles. The van der Waals surface area contributed by atoms with Gasteiger partial charge in [-0.3, -0.25) is 0 Å². The highest BCUT2D eigenvalue weighted by Crippen LogP contribution is 2.47. The molecule has 0 radical (unpaired) electrons. The van der Waals surface area contributed by atoms with Gasteiger partial charge in [-0.25, -0.2) is 9.36 Å². The molecule has 3 rings (SSSR count). The van der Waals surface area contributed by atoms with Crippen molar-refractivity contribution >= 4 is 25.3 Å². The van der Waals surface area contributed by atoms with Crippen LogP contribution in [0.1, 0.15) is 99.8 Å². The number of fused-ring (bicyclic) bond motifs is 3. The van der Waals surface area contributed by atoms with Crippen LogP contribution < -0.4 is 0 Å². The lowest BCUT2D eigenvalue weighted by Crippen LogP contribution is -2.47. The van der Waals surface area contributed by atoms with Crippen molar-refractivity contribution in [3.8, 4) is 0 Å². The number of carbonyl (C=O) groups excluding carboxylic acids is 1. The molecule has 2 aromatic rings. The summed E-state index contributed by atoms with van der Waals surface area (Å²) in [6.07, 6.45) is 1.30. The zero-order valence-corrected chi connectivity index (χ0v) is 24.2. The first-order valence-electron chi connectivity index (χ1n) is 12.9. The third-order valence-corrected chi connectivity index (χ3v) is 13.5. The van der Waals surface area contributed by atoms with Crippen molar-refractivity contribution in [1.82, 2.24) is 4.57 Å². The predicted molar refractivity (Wildman–Crippen MR) is 145 cm³/mol. The van der Waals surface area contributed by atoms with Crippen LogP contribution in [0.4, 0.5) is 4.79 Å². The van der Waals surface area contributed by atoms with Gasteiger partial charge in [0, 0.05) is 23.4 Å². The summed E-state index contributed by atoms with van der Waals surface area (Å²) < 4.78 is 14.9. The highest BCUT2D eigenvalue weighted by atomic mass is 28.4.